The molecular weight excluding hydrogens is 248 g/mol. The van der Waals surface area contributed by atoms with E-state index in [4.69, 9.17) is 4.74 Å². The predicted octanol–water partition coefficient (Wildman–Crippen LogP) is 4.62. The van der Waals surface area contributed by atoms with Gasteiger partial charge in [-0.1, -0.05) is 36.4 Å². The standard InChI is InChI=1S/C17H14N2O/c1-2-8-14(9-3-1)20-16-11-5-4-10-15(16)19-17-12-6-7-13-18-17/h1-13H,(H,18,19). The van der Waals surface area contributed by atoms with Crippen molar-refractivity contribution < 1.29 is 4.74 Å². The number of benzene rings is 2. The molecule has 0 spiro atoms. The Morgan fingerprint density at radius 2 is 1.50 bits per heavy atom. The summed E-state index contributed by atoms with van der Waals surface area (Å²) in [5.41, 5.74) is 0.884. The number of aromatic nitrogens is 1. The molecule has 1 heterocycles. The number of nitrogens with one attached hydrogen (secondary N) is 1. The molecule has 0 radical (unpaired) electrons. The van der Waals surface area contributed by atoms with Gasteiger partial charge in [-0.25, -0.2) is 4.98 Å². The van der Waals surface area contributed by atoms with E-state index in [-0.39, 0.29) is 0 Å². The minimum absolute atomic E-state index is 0.768. The number of nitrogens with zero attached hydrogens (tertiary/aromatic N) is 1. The van der Waals surface area contributed by atoms with Gasteiger partial charge in [-0.2, -0.15) is 0 Å². The first-order chi connectivity index (χ1) is 9.92. The number of para-hydroxylation sites is 3. The van der Waals surface area contributed by atoms with Crippen LogP contribution in [-0.4, -0.2) is 4.98 Å². The molecule has 20 heavy (non-hydrogen) atoms. The first-order valence-electron chi connectivity index (χ1n) is 6.42. The monoisotopic (exact) mass is 262 g/mol. The van der Waals surface area contributed by atoms with Crippen molar-refractivity contribution in [2.24, 2.45) is 0 Å². The van der Waals surface area contributed by atoms with Crippen LogP contribution in [-0.2, 0) is 0 Å². The highest BCUT2D eigenvalue weighted by Crippen LogP contribution is 2.30. The third-order valence-electron chi connectivity index (χ3n) is 2.79. The molecule has 0 fully saturated rings. The molecule has 0 amide bonds. The van der Waals surface area contributed by atoms with Gasteiger partial charge in [-0.15, -0.1) is 0 Å². The van der Waals surface area contributed by atoms with Crippen LogP contribution in [0.5, 0.6) is 11.5 Å². The largest absolute Gasteiger partial charge is 0.455 e. The molecule has 0 aliphatic rings. The van der Waals surface area contributed by atoms with Gasteiger partial charge in [-0.3, -0.25) is 0 Å². The van der Waals surface area contributed by atoms with Crippen LogP contribution in [0.15, 0.2) is 79.0 Å². The Hall–Kier alpha value is -2.81. The Morgan fingerprint density at radius 1 is 0.750 bits per heavy atom. The highest BCUT2D eigenvalue weighted by molar-refractivity contribution is 5.64. The molecule has 0 saturated carbocycles. The molecule has 0 aliphatic heterocycles. The van der Waals surface area contributed by atoms with E-state index >= 15 is 0 Å². The number of anilines is 2. The summed E-state index contributed by atoms with van der Waals surface area (Å²) in [6, 6.07) is 23.3. The molecule has 0 aliphatic carbocycles. The van der Waals surface area contributed by atoms with Crippen LogP contribution in [0.25, 0.3) is 0 Å². The van der Waals surface area contributed by atoms with E-state index in [0.29, 0.717) is 0 Å². The van der Waals surface area contributed by atoms with Crippen LogP contribution < -0.4 is 10.1 Å². The van der Waals surface area contributed by atoms with Crippen molar-refractivity contribution in [3.05, 3.63) is 79.0 Å². The number of ether oxygens (including phenoxy) is 1. The van der Waals surface area contributed by atoms with Gasteiger partial charge in [0, 0.05) is 6.20 Å². The van der Waals surface area contributed by atoms with Crippen molar-refractivity contribution in [3.8, 4) is 11.5 Å². The third-order valence-corrected chi connectivity index (χ3v) is 2.79. The normalized spacial score (nSPS) is 10.0. The topological polar surface area (TPSA) is 34.1 Å². The Labute approximate surface area is 117 Å². The minimum atomic E-state index is 0.768. The average molecular weight is 262 g/mol. The molecule has 3 nitrogen and oxygen atoms in total. The van der Waals surface area contributed by atoms with Crippen molar-refractivity contribution >= 4 is 11.5 Å². The maximum absolute atomic E-state index is 5.89. The van der Waals surface area contributed by atoms with Gasteiger partial charge in [0.2, 0.25) is 0 Å². The fourth-order valence-electron chi connectivity index (χ4n) is 1.85. The molecule has 0 bridgehead atoms. The fourth-order valence-corrected chi connectivity index (χ4v) is 1.85. The summed E-state index contributed by atoms with van der Waals surface area (Å²) < 4.78 is 5.89. The molecule has 2 aromatic carbocycles. The first-order valence-corrected chi connectivity index (χ1v) is 6.42. The van der Waals surface area contributed by atoms with Crippen LogP contribution in [0.4, 0.5) is 11.5 Å². The average Bonchev–Trinajstić information content (AvgIpc) is 2.51. The molecule has 1 N–H and O–H groups in total. The summed E-state index contributed by atoms with van der Waals surface area (Å²) >= 11 is 0. The lowest BCUT2D eigenvalue weighted by atomic mass is 10.3. The summed E-state index contributed by atoms with van der Waals surface area (Å²) in [5, 5.41) is 3.26. The number of rotatable bonds is 4. The van der Waals surface area contributed by atoms with Gasteiger partial charge in [0.1, 0.15) is 11.6 Å². The highest BCUT2D eigenvalue weighted by atomic mass is 16.5. The van der Waals surface area contributed by atoms with E-state index in [9.17, 15) is 0 Å². The lowest BCUT2D eigenvalue weighted by molar-refractivity contribution is 0.485. The molecule has 0 atom stereocenters. The summed E-state index contributed by atoms with van der Waals surface area (Å²) in [6.45, 7) is 0. The van der Waals surface area contributed by atoms with Gasteiger partial charge < -0.3 is 10.1 Å². The molecule has 0 unspecified atom stereocenters. The highest BCUT2D eigenvalue weighted by Gasteiger charge is 2.04. The van der Waals surface area contributed by atoms with E-state index < -0.39 is 0 Å². The Balaban J connectivity index is 1.85. The van der Waals surface area contributed by atoms with E-state index in [1.807, 2.05) is 72.8 Å². The lowest BCUT2D eigenvalue weighted by Gasteiger charge is -2.12. The summed E-state index contributed by atoms with van der Waals surface area (Å²) in [7, 11) is 0. The van der Waals surface area contributed by atoms with Crippen LogP contribution in [0.2, 0.25) is 0 Å². The molecular formula is C17H14N2O. The lowest BCUT2D eigenvalue weighted by Crippen LogP contribution is -1.95. The van der Waals surface area contributed by atoms with E-state index in [2.05, 4.69) is 10.3 Å². The Bertz CT molecular complexity index is 608. The maximum Gasteiger partial charge on any atom is 0.150 e. The quantitative estimate of drug-likeness (QED) is 0.745. The Kier molecular flexibility index (Phi) is 3.60. The van der Waals surface area contributed by atoms with Crippen LogP contribution in [0, 0.1) is 0 Å². The van der Waals surface area contributed by atoms with E-state index in [1.54, 1.807) is 6.20 Å². The van der Waals surface area contributed by atoms with Gasteiger partial charge >= 0.3 is 0 Å². The van der Waals surface area contributed by atoms with Crippen LogP contribution >= 0.6 is 0 Å². The van der Waals surface area contributed by atoms with Crippen LogP contribution in [0.1, 0.15) is 0 Å². The third kappa shape index (κ3) is 2.95. The second kappa shape index (κ2) is 5.89. The van der Waals surface area contributed by atoms with Gasteiger partial charge in [0.15, 0.2) is 5.75 Å². The van der Waals surface area contributed by atoms with Crippen molar-refractivity contribution in [2.45, 2.75) is 0 Å². The molecule has 3 rings (SSSR count). The fraction of sp³-hybridized carbons (Fsp3) is 0. The minimum Gasteiger partial charge on any atom is -0.455 e. The van der Waals surface area contributed by atoms with Crippen molar-refractivity contribution in [3.63, 3.8) is 0 Å². The van der Waals surface area contributed by atoms with E-state index in [0.717, 1.165) is 23.0 Å². The molecule has 1 aromatic heterocycles. The molecule has 3 aromatic rings. The van der Waals surface area contributed by atoms with Gasteiger partial charge in [-0.05, 0) is 36.4 Å². The van der Waals surface area contributed by atoms with Crippen molar-refractivity contribution in [2.75, 3.05) is 5.32 Å². The summed E-state index contributed by atoms with van der Waals surface area (Å²) in [4.78, 5) is 4.26. The van der Waals surface area contributed by atoms with E-state index in [1.165, 1.54) is 0 Å². The van der Waals surface area contributed by atoms with Gasteiger partial charge in [0.05, 0.1) is 5.69 Å². The number of hydrogen-bond donors (Lipinski definition) is 1. The SMILES string of the molecule is c1ccc(Oc2ccccc2Nc2ccccn2)cc1. The van der Waals surface area contributed by atoms with Gasteiger partial charge in [0.25, 0.3) is 0 Å². The van der Waals surface area contributed by atoms with Crippen molar-refractivity contribution in [1.29, 1.82) is 0 Å². The smallest absolute Gasteiger partial charge is 0.150 e. The Morgan fingerprint density at radius 3 is 2.30 bits per heavy atom. The summed E-state index contributed by atoms with van der Waals surface area (Å²) in [6.07, 6.45) is 1.75. The number of pyridine rings is 1. The molecule has 0 saturated heterocycles. The molecule has 3 heteroatoms. The predicted molar refractivity (Wildman–Crippen MR) is 80.5 cm³/mol. The summed E-state index contributed by atoms with van der Waals surface area (Å²) in [5.74, 6) is 2.36. The first kappa shape index (κ1) is 12.2. The van der Waals surface area contributed by atoms with Crippen molar-refractivity contribution in [1.82, 2.24) is 4.98 Å². The zero-order valence-corrected chi connectivity index (χ0v) is 10.9. The molecule has 98 valence electrons. The second-order valence-corrected chi connectivity index (χ2v) is 4.25. The van der Waals surface area contributed by atoms with Crippen LogP contribution in [0.3, 0.4) is 0 Å². The zero-order valence-electron chi connectivity index (χ0n) is 10.9. The zero-order chi connectivity index (χ0) is 13.6. The number of hydrogen-bond acceptors (Lipinski definition) is 3. The maximum atomic E-state index is 5.89. The second-order valence-electron chi connectivity index (χ2n) is 4.25.